The Kier molecular flexibility index (Phi) is 3.95. The normalized spacial score (nSPS) is 10.3. The van der Waals surface area contributed by atoms with E-state index in [0.717, 1.165) is 6.07 Å². The maximum absolute atomic E-state index is 13.8. The lowest BCUT2D eigenvalue weighted by Crippen LogP contribution is -2.05. The van der Waals surface area contributed by atoms with Crippen LogP contribution in [0.15, 0.2) is 40.9 Å². The maximum Gasteiger partial charge on any atom is 0.196 e. The van der Waals surface area contributed by atoms with Crippen molar-refractivity contribution in [1.82, 2.24) is 0 Å². The number of rotatable bonds is 3. The van der Waals surface area contributed by atoms with Gasteiger partial charge in [-0.3, -0.25) is 4.79 Å². The van der Waals surface area contributed by atoms with E-state index in [1.165, 1.54) is 31.4 Å². The van der Waals surface area contributed by atoms with Crippen LogP contribution in [-0.2, 0) is 0 Å². The number of carbonyl (C=O) groups excluding carboxylic acids is 1. The minimum atomic E-state index is -0.643. The number of ether oxygens (including phenoxy) is 1. The van der Waals surface area contributed by atoms with Crippen molar-refractivity contribution in [3.05, 3.63) is 63.6 Å². The van der Waals surface area contributed by atoms with Gasteiger partial charge < -0.3 is 4.74 Å². The van der Waals surface area contributed by atoms with Gasteiger partial charge in [0.25, 0.3) is 0 Å². The monoisotopic (exact) mass is 326 g/mol. The van der Waals surface area contributed by atoms with Crippen molar-refractivity contribution in [1.29, 1.82) is 0 Å². The first-order chi connectivity index (χ1) is 9.04. The van der Waals surface area contributed by atoms with E-state index in [1.807, 2.05) is 0 Å². The van der Waals surface area contributed by atoms with E-state index in [-0.39, 0.29) is 21.3 Å². The standard InChI is InChI=1S/C14H9BrF2O2/c1-19-12-7-8(5-6-11(12)16)14(18)9-3-2-4-10(15)13(9)17/h2-7H,1H3. The van der Waals surface area contributed by atoms with Gasteiger partial charge in [-0.1, -0.05) is 6.07 Å². The fourth-order valence-electron chi connectivity index (χ4n) is 1.64. The molecule has 2 aromatic rings. The molecule has 0 aliphatic carbocycles. The van der Waals surface area contributed by atoms with E-state index in [9.17, 15) is 13.6 Å². The predicted octanol–water partition coefficient (Wildman–Crippen LogP) is 3.97. The Balaban J connectivity index is 2.47. The van der Waals surface area contributed by atoms with Crippen molar-refractivity contribution in [2.45, 2.75) is 0 Å². The molecule has 0 fully saturated rings. The maximum atomic E-state index is 13.8. The molecule has 0 N–H and O–H groups in total. The molecular weight excluding hydrogens is 318 g/mol. The highest BCUT2D eigenvalue weighted by Gasteiger charge is 2.17. The first-order valence-electron chi connectivity index (χ1n) is 5.37. The predicted molar refractivity (Wildman–Crippen MR) is 70.5 cm³/mol. The molecular formula is C14H9BrF2O2. The lowest BCUT2D eigenvalue weighted by Gasteiger charge is -2.06. The van der Waals surface area contributed by atoms with E-state index < -0.39 is 17.4 Å². The molecule has 0 radical (unpaired) electrons. The Morgan fingerprint density at radius 1 is 1.21 bits per heavy atom. The summed E-state index contributed by atoms with van der Waals surface area (Å²) in [5.41, 5.74) is 0.0817. The molecule has 0 unspecified atom stereocenters. The van der Waals surface area contributed by atoms with Gasteiger partial charge in [0.1, 0.15) is 5.82 Å². The fourth-order valence-corrected chi connectivity index (χ4v) is 2.00. The van der Waals surface area contributed by atoms with Crippen molar-refractivity contribution in [3.63, 3.8) is 0 Å². The van der Waals surface area contributed by atoms with Crippen LogP contribution in [0.4, 0.5) is 8.78 Å². The summed E-state index contributed by atoms with van der Waals surface area (Å²) in [7, 11) is 1.30. The minimum absolute atomic E-state index is 0.0544. The van der Waals surface area contributed by atoms with Crippen LogP contribution >= 0.6 is 15.9 Å². The molecule has 0 heterocycles. The molecule has 0 aromatic heterocycles. The minimum Gasteiger partial charge on any atom is -0.494 e. The second-order valence-electron chi connectivity index (χ2n) is 3.78. The Morgan fingerprint density at radius 2 is 1.95 bits per heavy atom. The van der Waals surface area contributed by atoms with Crippen molar-refractivity contribution in [2.75, 3.05) is 7.11 Å². The van der Waals surface area contributed by atoms with E-state index in [2.05, 4.69) is 15.9 Å². The third-order valence-corrected chi connectivity index (χ3v) is 3.22. The van der Waals surface area contributed by atoms with Gasteiger partial charge in [-0.25, -0.2) is 8.78 Å². The van der Waals surface area contributed by atoms with Crippen LogP contribution in [0.2, 0.25) is 0 Å². The number of methoxy groups -OCH3 is 1. The highest BCUT2D eigenvalue weighted by atomic mass is 79.9. The summed E-state index contributed by atoms with van der Waals surface area (Å²) < 4.78 is 32.1. The van der Waals surface area contributed by atoms with Crippen LogP contribution in [0.3, 0.4) is 0 Å². The molecule has 2 aromatic carbocycles. The van der Waals surface area contributed by atoms with Crippen molar-refractivity contribution in [2.24, 2.45) is 0 Å². The number of carbonyl (C=O) groups is 1. The van der Waals surface area contributed by atoms with E-state index in [0.29, 0.717) is 0 Å². The van der Waals surface area contributed by atoms with Gasteiger partial charge in [-0.15, -0.1) is 0 Å². The third-order valence-electron chi connectivity index (χ3n) is 2.61. The molecule has 19 heavy (non-hydrogen) atoms. The van der Waals surface area contributed by atoms with Gasteiger partial charge in [-0.05, 0) is 46.3 Å². The number of benzene rings is 2. The zero-order valence-electron chi connectivity index (χ0n) is 9.91. The molecule has 2 nitrogen and oxygen atoms in total. The lowest BCUT2D eigenvalue weighted by atomic mass is 10.0. The summed E-state index contributed by atoms with van der Waals surface area (Å²) in [4.78, 5) is 12.2. The topological polar surface area (TPSA) is 26.3 Å². The summed E-state index contributed by atoms with van der Waals surface area (Å²) >= 11 is 3.01. The largest absolute Gasteiger partial charge is 0.494 e. The van der Waals surface area contributed by atoms with Crippen LogP contribution < -0.4 is 4.74 Å². The Bertz CT molecular complexity index is 641. The molecule has 5 heteroatoms. The first kappa shape index (κ1) is 13.7. The Morgan fingerprint density at radius 3 is 2.63 bits per heavy atom. The van der Waals surface area contributed by atoms with Crippen molar-refractivity contribution in [3.8, 4) is 5.75 Å². The molecule has 0 amide bonds. The number of hydrogen-bond donors (Lipinski definition) is 0. The Hall–Kier alpha value is -1.75. The zero-order chi connectivity index (χ0) is 14.0. The smallest absolute Gasteiger partial charge is 0.196 e. The van der Waals surface area contributed by atoms with Crippen molar-refractivity contribution < 1.29 is 18.3 Å². The summed E-state index contributed by atoms with van der Waals surface area (Å²) in [5, 5.41) is 0. The molecule has 0 saturated heterocycles. The first-order valence-corrected chi connectivity index (χ1v) is 6.16. The molecule has 0 bridgehead atoms. The van der Waals surface area contributed by atoms with E-state index in [4.69, 9.17) is 4.74 Å². The molecule has 0 aliphatic rings. The summed E-state index contributed by atoms with van der Waals surface area (Å²) in [6.45, 7) is 0. The quantitative estimate of drug-likeness (QED) is 0.798. The van der Waals surface area contributed by atoms with Gasteiger partial charge >= 0.3 is 0 Å². The summed E-state index contributed by atoms with van der Waals surface area (Å²) in [5.74, 6) is -1.80. The van der Waals surface area contributed by atoms with Gasteiger partial charge in [0.2, 0.25) is 0 Å². The zero-order valence-corrected chi connectivity index (χ0v) is 11.5. The average molecular weight is 327 g/mol. The van der Waals surface area contributed by atoms with E-state index >= 15 is 0 Å². The van der Waals surface area contributed by atoms with Crippen LogP contribution in [0.1, 0.15) is 15.9 Å². The summed E-state index contributed by atoms with van der Waals surface area (Å²) in [6.07, 6.45) is 0. The van der Waals surface area contributed by atoms with Gasteiger partial charge in [0.15, 0.2) is 17.3 Å². The van der Waals surface area contributed by atoms with Gasteiger partial charge in [0, 0.05) is 5.56 Å². The van der Waals surface area contributed by atoms with Crippen molar-refractivity contribution >= 4 is 21.7 Å². The third kappa shape index (κ3) is 2.66. The van der Waals surface area contributed by atoms with Crippen LogP contribution in [0.5, 0.6) is 5.75 Å². The number of halogens is 3. The molecule has 98 valence electrons. The molecule has 0 aliphatic heterocycles. The van der Waals surface area contributed by atoms with Gasteiger partial charge in [0.05, 0.1) is 17.1 Å². The molecule has 0 atom stereocenters. The van der Waals surface area contributed by atoms with Crippen LogP contribution in [-0.4, -0.2) is 12.9 Å². The SMILES string of the molecule is COc1cc(C(=O)c2cccc(Br)c2F)ccc1F. The van der Waals surface area contributed by atoms with E-state index in [1.54, 1.807) is 6.07 Å². The highest BCUT2D eigenvalue weighted by molar-refractivity contribution is 9.10. The molecule has 2 rings (SSSR count). The fraction of sp³-hybridized carbons (Fsp3) is 0.0714. The lowest BCUT2D eigenvalue weighted by molar-refractivity contribution is 0.103. The van der Waals surface area contributed by atoms with Gasteiger partial charge in [-0.2, -0.15) is 0 Å². The second-order valence-corrected chi connectivity index (χ2v) is 4.63. The summed E-state index contributed by atoms with van der Waals surface area (Å²) in [6, 6.07) is 8.08. The van der Waals surface area contributed by atoms with Crippen LogP contribution in [0, 0.1) is 11.6 Å². The molecule has 0 spiro atoms. The van der Waals surface area contributed by atoms with Crippen LogP contribution in [0.25, 0.3) is 0 Å². The number of hydrogen-bond acceptors (Lipinski definition) is 2. The molecule has 0 saturated carbocycles. The number of ketones is 1. The highest BCUT2D eigenvalue weighted by Crippen LogP contribution is 2.24. The average Bonchev–Trinajstić information content (AvgIpc) is 2.41. The second kappa shape index (κ2) is 5.48. The Labute approximate surface area is 117 Å².